The smallest absolute Gasteiger partial charge is 0.242 e. The zero-order valence-corrected chi connectivity index (χ0v) is 8.24. The van der Waals surface area contributed by atoms with Crippen molar-refractivity contribution in [1.29, 1.82) is 0 Å². The predicted octanol–water partition coefficient (Wildman–Crippen LogP) is -0.540. The maximum Gasteiger partial charge on any atom is 0.242 e. The topological polar surface area (TPSA) is 85.1 Å². The van der Waals surface area contributed by atoms with Crippen molar-refractivity contribution >= 4 is 10.0 Å². The minimum atomic E-state index is -3.42. The minimum Gasteiger partial charge on any atom is -0.326 e. The third-order valence-corrected chi connectivity index (χ3v) is 3.57. The van der Waals surface area contributed by atoms with E-state index in [1.807, 2.05) is 0 Å². The molecule has 1 heterocycles. The molecule has 1 fully saturated rings. The first-order valence-electron chi connectivity index (χ1n) is 4.27. The molecule has 0 aliphatic heterocycles. The van der Waals surface area contributed by atoms with Gasteiger partial charge in [-0.15, -0.1) is 0 Å². The molecule has 3 N–H and O–H groups in total. The number of nitrogens with two attached hydrogens (primary N) is 1. The summed E-state index contributed by atoms with van der Waals surface area (Å²) >= 11 is 0. The fourth-order valence-electron chi connectivity index (χ4n) is 1.12. The van der Waals surface area contributed by atoms with Crippen LogP contribution in [-0.4, -0.2) is 25.5 Å². The monoisotopic (exact) mass is 213 g/mol. The molecule has 2 unspecified atom stereocenters. The molecule has 1 aromatic rings. The van der Waals surface area contributed by atoms with Crippen molar-refractivity contribution in [1.82, 2.24) is 9.71 Å². The number of aromatic nitrogens is 1. The van der Waals surface area contributed by atoms with Crippen LogP contribution in [0.1, 0.15) is 6.42 Å². The highest BCUT2D eigenvalue weighted by molar-refractivity contribution is 7.89. The Morgan fingerprint density at radius 2 is 2.29 bits per heavy atom. The molecule has 76 valence electrons. The van der Waals surface area contributed by atoms with Gasteiger partial charge in [-0.05, 0) is 18.6 Å². The molecule has 0 bridgehead atoms. The van der Waals surface area contributed by atoms with Gasteiger partial charge in [-0.1, -0.05) is 0 Å². The quantitative estimate of drug-likeness (QED) is 0.706. The first kappa shape index (κ1) is 9.57. The van der Waals surface area contributed by atoms with Crippen LogP contribution in [0.5, 0.6) is 0 Å². The maximum absolute atomic E-state index is 11.6. The molecule has 2 atom stereocenters. The molecule has 5 nitrogen and oxygen atoms in total. The summed E-state index contributed by atoms with van der Waals surface area (Å²) in [6, 6.07) is 2.94. The second kappa shape index (κ2) is 3.30. The van der Waals surface area contributed by atoms with E-state index >= 15 is 0 Å². The third kappa shape index (κ3) is 1.92. The van der Waals surface area contributed by atoms with Crippen LogP contribution in [0, 0.1) is 0 Å². The van der Waals surface area contributed by atoms with E-state index < -0.39 is 10.0 Å². The zero-order chi connectivity index (χ0) is 10.2. The molecular formula is C8H11N3O2S. The van der Waals surface area contributed by atoms with Crippen molar-refractivity contribution in [3.63, 3.8) is 0 Å². The van der Waals surface area contributed by atoms with Crippen LogP contribution in [0.4, 0.5) is 0 Å². The van der Waals surface area contributed by atoms with Gasteiger partial charge in [0.1, 0.15) is 4.90 Å². The predicted molar refractivity (Wildman–Crippen MR) is 50.9 cm³/mol. The van der Waals surface area contributed by atoms with E-state index in [4.69, 9.17) is 5.73 Å². The number of pyridine rings is 1. The largest absolute Gasteiger partial charge is 0.326 e. The van der Waals surface area contributed by atoms with E-state index in [2.05, 4.69) is 9.71 Å². The van der Waals surface area contributed by atoms with E-state index in [0.29, 0.717) is 6.42 Å². The van der Waals surface area contributed by atoms with Gasteiger partial charge in [0.05, 0.1) is 0 Å². The lowest BCUT2D eigenvalue weighted by Crippen LogP contribution is -2.29. The Kier molecular flexibility index (Phi) is 2.26. The Labute approximate surface area is 82.4 Å². The summed E-state index contributed by atoms with van der Waals surface area (Å²) < 4.78 is 25.7. The highest BCUT2D eigenvalue weighted by atomic mass is 32.2. The standard InChI is InChI=1S/C8H11N3O2S/c9-7-4-8(7)11-14(12,13)6-2-1-3-10-5-6/h1-3,5,7-8,11H,4,9H2. The molecule has 0 spiro atoms. The van der Waals surface area contributed by atoms with Crippen molar-refractivity contribution in [2.24, 2.45) is 5.73 Å². The average Bonchev–Trinajstić information content (AvgIpc) is 2.82. The summed E-state index contributed by atoms with van der Waals surface area (Å²) in [5.41, 5.74) is 5.51. The minimum absolute atomic E-state index is 0.0403. The molecular weight excluding hydrogens is 202 g/mol. The van der Waals surface area contributed by atoms with Gasteiger partial charge >= 0.3 is 0 Å². The molecule has 1 aromatic heterocycles. The Hall–Kier alpha value is -0.980. The summed E-state index contributed by atoms with van der Waals surface area (Å²) in [5, 5.41) is 0. The van der Waals surface area contributed by atoms with Crippen LogP contribution in [0.25, 0.3) is 0 Å². The van der Waals surface area contributed by atoms with E-state index in [9.17, 15) is 8.42 Å². The maximum atomic E-state index is 11.6. The lowest BCUT2D eigenvalue weighted by Gasteiger charge is -2.04. The number of hydrogen-bond donors (Lipinski definition) is 2. The summed E-state index contributed by atoms with van der Waals surface area (Å²) in [6.45, 7) is 0. The van der Waals surface area contributed by atoms with Gasteiger partial charge in [0, 0.05) is 24.5 Å². The third-order valence-electron chi connectivity index (χ3n) is 2.09. The molecule has 1 aliphatic rings. The van der Waals surface area contributed by atoms with Crippen molar-refractivity contribution in [2.75, 3.05) is 0 Å². The van der Waals surface area contributed by atoms with Gasteiger partial charge in [0.25, 0.3) is 0 Å². The summed E-state index contributed by atoms with van der Waals surface area (Å²) in [5.74, 6) is 0. The van der Waals surface area contributed by atoms with E-state index in [-0.39, 0.29) is 17.0 Å². The van der Waals surface area contributed by atoms with Crippen molar-refractivity contribution < 1.29 is 8.42 Å². The first-order chi connectivity index (χ1) is 6.59. The second-order valence-corrected chi connectivity index (χ2v) is 5.03. The highest BCUT2D eigenvalue weighted by Crippen LogP contribution is 2.20. The van der Waals surface area contributed by atoms with Gasteiger partial charge < -0.3 is 5.73 Å². The number of nitrogens with one attached hydrogen (secondary N) is 1. The Morgan fingerprint density at radius 3 is 2.79 bits per heavy atom. The first-order valence-corrected chi connectivity index (χ1v) is 5.76. The van der Waals surface area contributed by atoms with E-state index in [1.165, 1.54) is 18.5 Å². The molecule has 0 aromatic carbocycles. The van der Waals surface area contributed by atoms with Gasteiger partial charge in [0.2, 0.25) is 10.0 Å². The normalized spacial score (nSPS) is 26.1. The Bertz CT molecular complexity index is 417. The molecule has 0 radical (unpaired) electrons. The molecule has 6 heteroatoms. The lowest BCUT2D eigenvalue weighted by molar-refractivity contribution is 0.579. The summed E-state index contributed by atoms with van der Waals surface area (Å²) in [7, 11) is -3.42. The van der Waals surface area contributed by atoms with Gasteiger partial charge in [-0.2, -0.15) is 0 Å². The Balaban J connectivity index is 2.17. The number of nitrogens with zero attached hydrogens (tertiary/aromatic N) is 1. The fourth-order valence-corrected chi connectivity index (χ4v) is 2.39. The number of sulfonamides is 1. The van der Waals surface area contributed by atoms with Crippen molar-refractivity contribution in [2.45, 2.75) is 23.4 Å². The van der Waals surface area contributed by atoms with Gasteiger partial charge in [-0.25, -0.2) is 13.1 Å². The number of hydrogen-bond acceptors (Lipinski definition) is 4. The van der Waals surface area contributed by atoms with Gasteiger partial charge in [-0.3, -0.25) is 4.98 Å². The van der Waals surface area contributed by atoms with E-state index in [1.54, 1.807) is 6.07 Å². The van der Waals surface area contributed by atoms with Crippen LogP contribution >= 0.6 is 0 Å². The lowest BCUT2D eigenvalue weighted by atomic mass is 10.5. The van der Waals surface area contributed by atoms with Crippen molar-refractivity contribution in [3.8, 4) is 0 Å². The number of rotatable bonds is 3. The molecule has 1 saturated carbocycles. The van der Waals surface area contributed by atoms with Crippen LogP contribution in [0.3, 0.4) is 0 Å². The second-order valence-electron chi connectivity index (χ2n) is 3.32. The van der Waals surface area contributed by atoms with Crippen LogP contribution in [-0.2, 0) is 10.0 Å². The van der Waals surface area contributed by atoms with Crippen molar-refractivity contribution in [3.05, 3.63) is 24.5 Å². The molecule has 2 rings (SSSR count). The van der Waals surface area contributed by atoms with Crippen LogP contribution in [0.2, 0.25) is 0 Å². The molecule has 0 saturated heterocycles. The zero-order valence-electron chi connectivity index (χ0n) is 7.42. The summed E-state index contributed by atoms with van der Waals surface area (Å²) in [6.07, 6.45) is 3.55. The SMILES string of the molecule is NC1CC1NS(=O)(=O)c1cccnc1. The summed E-state index contributed by atoms with van der Waals surface area (Å²) in [4.78, 5) is 3.93. The fraction of sp³-hybridized carbons (Fsp3) is 0.375. The van der Waals surface area contributed by atoms with E-state index in [0.717, 1.165) is 0 Å². The molecule has 14 heavy (non-hydrogen) atoms. The highest BCUT2D eigenvalue weighted by Gasteiger charge is 2.37. The Morgan fingerprint density at radius 1 is 1.57 bits per heavy atom. The average molecular weight is 213 g/mol. The molecule has 0 amide bonds. The van der Waals surface area contributed by atoms with Crippen LogP contribution < -0.4 is 10.5 Å². The van der Waals surface area contributed by atoms with Gasteiger partial charge in [0.15, 0.2) is 0 Å². The van der Waals surface area contributed by atoms with Crippen LogP contribution in [0.15, 0.2) is 29.4 Å². The molecule has 1 aliphatic carbocycles.